The first-order chi connectivity index (χ1) is 21.1. The van der Waals surface area contributed by atoms with Crippen molar-refractivity contribution >= 4 is 35.3 Å². The summed E-state index contributed by atoms with van der Waals surface area (Å²) in [5.74, 6) is -2.93. The molecule has 0 saturated heterocycles. The maximum Gasteiger partial charge on any atom is 0.323 e. The Labute approximate surface area is 262 Å². The third kappa shape index (κ3) is 9.42. The molecule has 3 atom stereocenters. The largest absolute Gasteiger partial charge is 0.459 e. The van der Waals surface area contributed by atoms with E-state index in [9.17, 15) is 34.1 Å². The molecule has 45 heavy (non-hydrogen) atoms. The molecule has 13 heteroatoms. The van der Waals surface area contributed by atoms with Crippen LogP contribution in [0.3, 0.4) is 0 Å². The molecule has 0 aromatic heterocycles. The van der Waals surface area contributed by atoms with Gasteiger partial charge < -0.3 is 15.4 Å². The van der Waals surface area contributed by atoms with Gasteiger partial charge in [0.1, 0.15) is 17.7 Å². The molecule has 1 aliphatic heterocycles. The highest BCUT2D eigenvalue weighted by Gasteiger charge is 2.39. The van der Waals surface area contributed by atoms with Crippen LogP contribution in [0.5, 0.6) is 0 Å². The Morgan fingerprint density at radius 3 is 2.16 bits per heavy atom. The van der Waals surface area contributed by atoms with Crippen molar-refractivity contribution in [2.24, 2.45) is 5.92 Å². The monoisotopic (exact) mass is 623 g/mol. The number of fused-ring (bicyclic) bond motifs is 1. The molecule has 1 unspecified atom stereocenters. The summed E-state index contributed by atoms with van der Waals surface area (Å²) in [6.07, 6.45) is 0.439. The minimum absolute atomic E-state index is 0.00661. The summed E-state index contributed by atoms with van der Waals surface area (Å²) in [6, 6.07) is 9.72. The van der Waals surface area contributed by atoms with Crippen molar-refractivity contribution in [2.45, 2.75) is 77.6 Å². The zero-order valence-electron chi connectivity index (χ0n) is 26.4. The molecule has 0 spiro atoms. The lowest BCUT2D eigenvalue weighted by Gasteiger charge is -2.30. The Bertz CT molecular complexity index is 1440. The minimum atomic E-state index is -1.12. The van der Waals surface area contributed by atoms with Gasteiger partial charge in [0.2, 0.25) is 11.8 Å². The number of hydrogen-bond acceptors (Lipinski definition) is 9. The van der Waals surface area contributed by atoms with Crippen LogP contribution in [0.25, 0.3) is 0 Å². The Kier molecular flexibility index (Phi) is 11.5. The molecule has 1 aliphatic rings. The number of rotatable bonds is 14. The van der Waals surface area contributed by atoms with Crippen LogP contribution in [0.1, 0.15) is 73.7 Å². The van der Waals surface area contributed by atoms with Crippen LogP contribution in [0.2, 0.25) is 0 Å². The molecule has 1 heterocycles. The number of amides is 4. The minimum Gasteiger partial charge on any atom is -0.459 e. The van der Waals surface area contributed by atoms with Crippen molar-refractivity contribution in [3.8, 4) is 0 Å². The number of esters is 1. The molecule has 4 amide bonds. The van der Waals surface area contributed by atoms with Gasteiger partial charge in [0.25, 0.3) is 17.5 Å². The zero-order valence-corrected chi connectivity index (χ0v) is 26.4. The van der Waals surface area contributed by atoms with Crippen molar-refractivity contribution in [1.82, 2.24) is 20.9 Å². The Hall–Kier alpha value is -4.65. The van der Waals surface area contributed by atoms with Gasteiger partial charge in [-0.05, 0) is 51.2 Å². The summed E-state index contributed by atoms with van der Waals surface area (Å²) >= 11 is 0. The quantitative estimate of drug-likeness (QED) is 0.124. The van der Waals surface area contributed by atoms with E-state index in [4.69, 9.17) is 4.74 Å². The highest BCUT2D eigenvalue weighted by atomic mass is 16.6. The number of hydrogen-bond donors (Lipinski definition) is 3. The standard InChI is InChI=1S/C32H41N5O8/c1-19(2)16-25(28(39)35-26(27(38)33-6)17-20-10-8-7-9-11-20)34-24(31(42)45-32(3,4)5)14-15-36-29(40)22-13-12-21(37(43)44)18-23(22)30(36)41/h7-13,18-19,24-26,34H,14-17H2,1-6H3,(H,33,38)(H,35,39)/t24?,25-,26-/m0/s1. The van der Waals surface area contributed by atoms with Gasteiger partial charge in [-0.1, -0.05) is 44.2 Å². The van der Waals surface area contributed by atoms with Crippen molar-refractivity contribution in [3.05, 3.63) is 75.3 Å². The first-order valence-corrected chi connectivity index (χ1v) is 14.8. The molecule has 242 valence electrons. The maximum absolute atomic E-state index is 13.7. The van der Waals surface area contributed by atoms with Crippen LogP contribution in [-0.2, 0) is 25.5 Å². The van der Waals surface area contributed by atoms with Gasteiger partial charge in [-0.3, -0.25) is 44.3 Å². The van der Waals surface area contributed by atoms with Gasteiger partial charge in [0.15, 0.2) is 0 Å². The number of nitrogens with zero attached hydrogens (tertiary/aromatic N) is 2. The predicted molar refractivity (Wildman–Crippen MR) is 165 cm³/mol. The summed E-state index contributed by atoms with van der Waals surface area (Å²) in [4.78, 5) is 77.3. The van der Waals surface area contributed by atoms with Gasteiger partial charge in [-0.15, -0.1) is 0 Å². The predicted octanol–water partition coefficient (Wildman–Crippen LogP) is 2.77. The van der Waals surface area contributed by atoms with Crippen molar-refractivity contribution in [1.29, 1.82) is 0 Å². The van der Waals surface area contributed by atoms with E-state index in [0.29, 0.717) is 6.42 Å². The van der Waals surface area contributed by atoms with Gasteiger partial charge >= 0.3 is 5.97 Å². The number of nitrogens with one attached hydrogen (secondary N) is 3. The second-order valence-electron chi connectivity index (χ2n) is 12.3. The zero-order chi connectivity index (χ0) is 33.5. The fraction of sp³-hybridized carbons (Fsp3) is 0.469. The maximum atomic E-state index is 13.7. The van der Waals surface area contributed by atoms with Gasteiger partial charge in [0.05, 0.1) is 22.1 Å². The molecule has 2 aromatic rings. The molecule has 2 aromatic carbocycles. The molecule has 0 radical (unpaired) electrons. The lowest BCUT2D eigenvalue weighted by atomic mass is 9.99. The summed E-state index contributed by atoms with van der Waals surface area (Å²) in [5.41, 5.74) is -0.413. The van der Waals surface area contributed by atoms with Crippen molar-refractivity contribution < 1.29 is 33.6 Å². The van der Waals surface area contributed by atoms with Crippen LogP contribution < -0.4 is 16.0 Å². The van der Waals surface area contributed by atoms with Crippen LogP contribution in [0.15, 0.2) is 48.5 Å². The van der Waals surface area contributed by atoms with Gasteiger partial charge in [-0.2, -0.15) is 0 Å². The lowest BCUT2D eigenvalue weighted by Crippen LogP contribution is -2.57. The normalized spacial score (nSPS) is 14.9. The highest BCUT2D eigenvalue weighted by Crippen LogP contribution is 2.27. The summed E-state index contributed by atoms with van der Waals surface area (Å²) in [5, 5.41) is 19.7. The molecule has 0 saturated carbocycles. The third-order valence-corrected chi connectivity index (χ3v) is 7.09. The number of benzene rings is 2. The average Bonchev–Trinajstić information content (AvgIpc) is 3.21. The molecular weight excluding hydrogens is 582 g/mol. The van der Waals surface area contributed by atoms with Crippen molar-refractivity contribution in [2.75, 3.05) is 13.6 Å². The second kappa shape index (κ2) is 14.9. The topological polar surface area (TPSA) is 177 Å². The van der Waals surface area contributed by atoms with Crippen LogP contribution in [0.4, 0.5) is 5.69 Å². The number of nitro benzene ring substituents is 1. The van der Waals surface area contributed by atoms with Crippen molar-refractivity contribution in [3.63, 3.8) is 0 Å². The Morgan fingerprint density at radius 2 is 1.58 bits per heavy atom. The first-order valence-electron chi connectivity index (χ1n) is 14.8. The average molecular weight is 624 g/mol. The smallest absolute Gasteiger partial charge is 0.323 e. The van der Waals surface area contributed by atoms with Gasteiger partial charge in [0, 0.05) is 32.1 Å². The molecule has 3 rings (SSSR count). The number of non-ortho nitro benzene ring substituents is 1. The fourth-order valence-corrected chi connectivity index (χ4v) is 4.97. The summed E-state index contributed by atoms with van der Waals surface area (Å²) < 4.78 is 5.61. The Morgan fingerprint density at radius 1 is 0.933 bits per heavy atom. The number of carbonyl (C=O) groups excluding carboxylic acids is 5. The van der Waals surface area contributed by atoms with Crippen LogP contribution in [0, 0.1) is 16.0 Å². The molecule has 3 N–H and O–H groups in total. The number of likely N-dealkylation sites (N-methyl/N-ethyl adjacent to an activating group) is 1. The third-order valence-electron chi connectivity index (χ3n) is 7.09. The second-order valence-corrected chi connectivity index (χ2v) is 12.3. The van der Waals surface area contributed by atoms with E-state index >= 15 is 0 Å². The SMILES string of the molecule is CNC(=O)[C@H](Cc1ccccc1)NC(=O)[C@H](CC(C)C)NC(CCN1C(=O)c2ccc([N+](=O)[O-])cc2C1=O)C(=O)OC(C)(C)C. The van der Waals surface area contributed by atoms with E-state index in [-0.39, 0.29) is 48.0 Å². The first kappa shape index (κ1) is 34.8. The fourth-order valence-electron chi connectivity index (χ4n) is 4.97. The molecule has 0 fully saturated rings. The van der Waals surface area contributed by atoms with E-state index in [1.807, 2.05) is 44.2 Å². The van der Waals surface area contributed by atoms with Crippen LogP contribution in [-0.4, -0.2) is 76.7 Å². The van der Waals surface area contributed by atoms with E-state index in [2.05, 4.69) is 16.0 Å². The lowest BCUT2D eigenvalue weighted by molar-refractivity contribution is -0.384. The number of imide groups is 1. The molecule has 0 aliphatic carbocycles. The molecule has 0 bridgehead atoms. The number of carbonyl (C=O) groups is 5. The summed E-state index contributed by atoms with van der Waals surface area (Å²) in [7, 11) is 1.48. The number of nitro groups is 1. The van der Waals surface area contributed by atoms with Crippen LogP contribution >= 0.6 is 0 Å². The van der Waals surface area contributed by atoms with E-state index in [1.165, 1.54) is 13.1 Å². The van der Waals surface area contributed by atoms with E-state index in [0.717, 1.165) is 22.6 Å². The molecule has 13 nitrogen and oxygen atoms in total. The number of ether oxygens (including phenoxy) is 1. The summed E-state index contributed by atoms with van der Waals surface area (Å²) in [6.45, 7) is 8.66. The Balaban J connectivity index is 1.83. The van der Waals surface area contributed by atoms with E-state index < -0.39 is 52.3 Å². The van der Waals surface area contributed by atoms with E-state index in [1.54, 1.807) is 20.8 Å². The van der Waals surface area contributed by atoms with Gasteiger partial charge in [-0.25, -0.2) is 0 Å². The molecular formula is C32H41N5O8. The highest BCUT2D eigenvalue weighted by molar-refractivity contribution is 6.21.